The van der Waals surface area contributed by atoms with Crippen LogP contribution < -0.4 is 16.5 Å². The first-order valence-corrected chi connectivity index (χ1v) is 8.69. The van der Waals surface area contributed by atoms with Gasteiger partial charge in [0, 0.05) is 23.0 Å². The molecule has 21 heavy (non-hydrogen) atoms. The highest BCUT2D eigenvalue weighted by atomic mass is 32.3. The number of nitrogens with zero attached hydrogens (tertiary/aromatic N) is 1. The zero-order valence-corrected chi connectivity index (χ0v) is 13.5. The average Bonchev–Trinajstić information content (AvgIpc) is 2.36. The van der Waals surface area contributed by atoms with Crippen molar-refractivity contribution in [3.8, 4) is 0 Å². The molecule has 0 aliphatic heterocycles. The van der Waals surface area contributed by atoms with Crippen LogP contribution in [0.1, 0.15) is 45.4 Å². The highest BCUT2D eigenvalue weighted by molar-refractivity contribution is 7.79. The number of rotatable bonds is 6. The largest absolute Gasteiger partial charge is 0.759 e. The molecule has 0 aromatic rings. The summed E-state index contributed by atoms with van der Waals surface area (Å²) in [6.07, 6.45) is 8.22. The number of hydrogen-bond donors (Lipinski definition) is 3. The summed E-state index contributed by atoms with van der Waals surface area (Å²) in [7, 11) is -5.17. The van der Waals surface area contributed by atoms with E-state index in [9.17, 15) is 0 Å². The predicted molar refractivity (Wildman–Crippen MR) is 77.1 cm³/mol. The minimum Gasteiger partial charge on any atom is -0.759 e. The molecule has 0 radical (unpaired) electrons. The van der Waals surface area contributed by atoms with Crippen molar-refractivity contribution in [1.29, 1.82) is 0 Å². The third kappa shape index (κ3) is 14.0. The molecule has 0 aromatic heterocycles. The molecule has 0 amide bonds. The van der Waals surface area contributed by atoms with Crippen LogP contribution in [-0.2, 0) is 10.4 Å². The van der Waals surface area contributed by atoms with Crippen LogP contribution >= 0.6 is 0 Å². The fourth-order valence-corrected chi connectivity index (χ4v) is 2.61. The normalized spacial score (nSPS) is 16.4. The fraction of sp³-hybridized carbons (Fsp3) is 0.917. The van der Waals surface area contributed by atoms with Crippen molar-refractivity contribution in [2.45, 2.75) is 51.5 Å². The van der Waals surface area contributed by atoms with Crippen LogP contribution in [0.3, 0.4) is 0 Å². The minimum absolute atomic E-state index is 0.458. The van der Waals surface area contributed by atoms with E-state index in [1.165, 1.54) is 45.1 Å². The van der Waals surface area contributed by atoms with Crippen molar-refractivity contribution in [2.75, 3.05) is 19.6 Å². The van der Waals surface area contributed by atoms with E-state index < -0.39 is 10.4 Å². The molecule has 0 spiro atoms. The van der Waals surface area contributed by atoms with E-state index in [1.807, 2.05) is 5.32 Å². The molecule has 126 valence electrons. The Bertz CT molecular complexity index is 375. The molecular formula is C12H28N4O4S. The zero-order chi connectivity index (χ0) is 16.3. The Balaban J connectivity index is 0.000000690. The lowest BCUT2D eigenvalue weighted by Crippen LogP contribution is -2.97. The second-order valence-corrected chi connectivity index (χ2v) is 6.05. The summed E-state index contributed by atoms with van der Waals surface area (Å²) in [5.74, 6) is 0.458. The van der Waals surface area contributed by atoms with Crippen LogP contribution in [0.25, 0.3) is 0 Å². The van der Waals surface area contributed by atoms with E-state index in [4.69, 9.17) is 28.7 Å². The SMILES string of the molecule is CCCN(CC[NH2+]C(N)=[NH2+])C1CCCCC1.O=S(=O)([O-])[O-]. The van der Waals surface area contributed by atoms with Gasteiger partial charge < -0.3 is 9.11 Å². The van der Waals surface area contributed by atoms with Gasteiger partial charge in [0.25, 0.3) is 0 Å². The van der Waals surface area contributed by atoms with Crippen LogP contribution in [0.2, 0.25) is 0 Å². The highest BCUT2D eigenvalue weighted by Gasteiger charge is 2.20. The number of guanidine groups is 1. The maximum Gasteiger partial charge on any atom is 0.434 e. The van der Waals surface area contributed by atoms with Crippen molar-refractivity contribution >= 4 is 16.4 Å². The molecule has 0 heterocycles. The molecule has 9 heteroatoms. The number of nitrogens with two attached hydrogens (primary N) is 3. The molecule has 1 saturated carbocycles. The van der Waals surface area contributed by atoms with Crippen LogP contribution in [0.4, 0.5) is 0 Å². The molecule has 1 fully saturated rings. The van der Waals surface area contributed by atoms with Gasteiger partial charge in [-0.05, 0) is 25.8 Å². The van der Waals surface area contributed by atoms with E-state index in [0.29, 0.717) is 5.96 Å². The summed E-state index contributed by atoms with van der Waals surface area (Å²) in [5, 5.41) is 7.39. The molecule has 1 aliphatic rings. The van der Waals surface area contributed by atoms with Gasteiger partial charge >= 0.3 is 5.96 Å². The summed E-state index contributed by atoms with van der Waals surface area (Å²) >= 11 is 0. The Morgan fingerprint density at radius 3 is 2.24 bits per heavy atom. The van der Waals surface area contributed by atoms with Gasteiger partial charge in [0.2, 0.25) is 0 Å². The molecule has 0 atom stereocenters. The van der Waals surface area contributed by atoms with Crippen LogP contribution in [0.5, 0.6) is 0 Å². The summed E-state index contributed by atoms with van der Waals surface area (Å²) < 4.78 is 34.1. The second-order valence-electron chi connectivity index (χ2n) is 5.23. The Hall–Kier alpha value is -0.740. The van der Waals surface area contributed by atoms with E-state index in [-0.39, 0.29) is 0 Å². The smallest absolute Gasteiger partial charge is 0.434 e. The summed E-state index contributed by atoms with van der Waals surface area (Å²) in [4.78, 5) is 2.62. The molecule has 8 nitrogen and oxygen atoms in total. The van der Waals surface area contributed by atoms with Gasteiger partial charge in [-0.2, -0.15) is 0 Å². The molecule has 0 aromatic carbocycles. The molecule has 0 saturated heterocycles. The third-order valence-corrected chi connectivity index (χ3v) is 3.40. The third-order valence-electron chi connectivity index (χ3n) is 3.40. The van der Waals surface area contributed by atoms with Crippen molar-refractivity contribution in [2.24, 2.45) is 5.73 Å². The van der Waals surface area contributed by atoms with Crippen LogP contribution in [-0.4, -0.2) is 54.1 Å². The molecular weight excluding hydrogens is 296 g/mol. The molecule has 6 N–H and O–H groups in total. The quantitative estimate of drug-likeness (QED) is 0.210. The monoisotopic (exact) mass is 324 g/mol. The first-order chi connectivity index (χ1) is 9.74. The van der Waals surface area contributed by atoms with Crippen LogP contribution in [0.15, 0.2) is 0 Å². The van der Waals surface area contributed by atoms with Crippen LogP contribution in [0, 0.1) is 0 Å². The number of quaternary nitrogens is 1. The van der Waals surface area contributed by atoms with E-state index in [0.717, 1.165) is 19.1 Å². The Kier molecular flexibility index (Phi) is 10.5. The fourth-order valence-electron chi connectivity index (χ4n) is 2.61. The Morgan fingerprint density at radius 2 is 1.81 bits per heavy atom. The van der Waals surface area contributed by atoms with Gasteiger partial charge in [-0.3, -0.25) is 13.3 Å². The van der Waals surface area contributed by atoms with E-state index in [1.54, 1.807) is 0 Å². The van der Waals surface area contributed by atoms with Gasteiger partial charge in [-0.1, -0.05) is 26.2 Å². The predicted octanol–water partition coefficient (Wildman–Crippen LogP) is -2.67. The first kappa shape index (κ1) is 20.3. The Morgan fingerprint density at radius 1 is 1.29 bits per heavy atom. The van der Waals surface area contributed by atoms with Crippen molar-refractivity contribution in [3.63, 3.8) is 0 Å². The standard InChI is InChI=1S/C12H26N4.H2O4S/c1-2-9-16(10-8-15-12(13)14)11-6-4-3-5-7-11;1-5(2,3)4/h11H,2-10H2,1H3,(H4,13,14,15);(H2,1,2,3,4). The van der Waals surface area contributed by atoms with Gasteiger partial charge in [-0.15, -0.1) is 0 Å². The summed E-state index contributed by atoms with van der Waals surface area (Å²) in [6, 6.07) is 0.807. The zero-order valence-electron chi connectivity index (χ0n) is 12.7. The molecule has 0 unspecified atom stereocenters. The van der Waals surface area contributed by atoms with Gasteiger partial charge in [0.15, 0.2) is 0 Å². The lowest BCUT2D eigenvalue weighted by molar-refractivity contribution is -0.568. The summed E-state index contributed by atoms with van der Waals surface area (Å²) in [5.41, 5.74) is 5.45. The number of hydrogen-bond acceptors (Lipinski definition) is 5. The maximum atomic E-state index is 8.52. The lowest BCUT2D eigenvalue weighted by Gasteiger charge is -2.33. The highest BCUT2D eigenvalue weighted by Crippen LogP contribution is 2.22. The Labute approximate surface area is 127 Å². The van der Waals surface area contributed by atoms with E-state index >= 15 is 0 Å². The summed E-state index contributed by atoms with van der Waals surface area (Å²) in [6.45, 7) is 5.56. The molecule has 1 aliphatic carbocycles. The minimum atomic E-state index is -5.17. The van der Waals surface area contributed by atoms with Crippen molar-refractivity contribution in [1.82, 2.24) is 4.90 Å². The van der Waals surface area contributed by atoms with Crippen molar-refractivity contribution < 1.29 is 28.2 Å². The topological polar surface area (TPSA) is 152 Å². The van der Waals surface area contributed by atoms with Gasteiger partial charge in [0.05, 0.1) is 6.54 Å². The molecule has 0 bridgehead atoms. The van der Waals surface area contributed by atoms with Gasteiger partial charge in [0.1, 0.15) is 0 Å². The molecule has 1 rings (SSSR count). The second kappa shape index (κ2) is 10.9. The maximum absolute atomic E-state index is 8.52. The lowest BCUT2D eigenvalue weighted by atomic mass is 9.94. The van der Waals surface area contributed by atoms with E-state index in [2.05, 4.69) is 11.8 Å². The van der Waals surface area contributed by atoms with Crippen molar-refractivity contribution in [3.05, 3.63) is 0 Å². The average molecular weight is 324 g/mol. The van der Waals surface area contributed by atoms with Gasteiger partial charge in [-0.25, -0.2) is 16.5 Å². The first-order valence-electron chi connectivity index (χ1n) is 7.36.